The first-order chi connectivity index (χ1) is 24.3. The number of carbonyl (C=O) groups excluding carboxylic acids is 3. The molecule has 1 saturated heterocycles. The van der Waals surface area contributed by atoms with Crippen LogP contribution in [0.3, 0.4) is 0 Å². The van der Waals surface area contributed by atoms with Crippen molar-refractivity contribution in [2.24, 2.45) is 34.5 Å². The Balaban J connectivity index is 1.50. The van der Waals surface area contributed by atoms with Crippen LogP contribution in [-0.2, 0) is 42.7 Å². The predicted molar refractivity (Wildman–Crippen MR) is 177 cm³/mol. The van der Waals surface area contributed by atoms with Crippen molar-refractivity contribution in [3.05, 3.63) is 29.8 Å². The number of methoxy groups -OCH3 is 5. The van der Waals surface area contributed by atoms with Gasteiger partial charge in [-0.2, -0.15) is 0 Å². The normalized spacial score (nSPS) is 46.0. The van der Waals surface area contributed by atoms with E-state index in [1.54, 1.807) is 45.6 Å². The summed E-state index contributed by atoms with van der Waals surface area (Å²) in [5, 5.41) is 25.6. The van der Waals surface area contributed by atoms with Crippen molar-refractivity contribution in [3.63, 3.8) is 0 Å². The predicted octanol–water partition coefficient (Wildman–Crippen LogP) is 1.23. The summed E-state index contributed by atoms with van der Waals surface area (Å²) in [6.45, 7) is 5.95. The smallest absolute Gasteiger partial charge is 0.338 e. The number of esters is 3. The van der Waals surface area contributed by atoms with Gasteiger partial charge >= 0.3 is 17.9 Å². The molecule has 1 aromatic rings. The van der Waals surface area contributed by atoms with Gasteiger partial charge in [0.05, 0.1) is 31.5 Å². The maximum Gasteiger partial charge on any atom is 0.338 e. The highest BCUT2D eigenvalue weighted by molar-refractivity contribution is 5.89. The molecule has 1 heterocycles. The molecule has 1 aromatic carbocycles. The lowest BCUT2D eigenvalue weighted by Crippen LogP contribution is -2.81. The van der Waals surface area contributed by atoms with Crippen LogP contribution in [0.4, 0.5) is 0 Å². The van der Waals surface area contributed by atoms with E-state index in [-0.39, 0.29) is 18.6 Å². The van der Waals surface area contributed by atoms with Gasteiger partial charge in [0.25, 0.3) is 0 Å². The van der Waals surface area contributed by atoms with Gasteiger partial charge in [-0.1, -0.05) is 6.92 Å². The Labute approximate surface area is 297 Å². The maximum atomic E-state index is 14.0. The number of ether oxygens (including phenoxy) is 8. The van der Waals surface area contributed by atoms with Crippen molar-refractivity contribution in [1.29, 1.82) is 0 Å². The van der Waals surface area contributed by atoms with Gasteiger partial charge in [0, 0.05) is 89.9 Å². The fourth-order valence-corrected chi connectivity index (χ4v) is 12.8. The number of hydrogen-bond donors (Lipinski definition) is 2. The number of aliphatic hydroxyl groups is 2. The molecule has 14 heteroatoms. The van der Waals surface area contributed by atoms with Crippen molar-refractivity contribution in [1.82, 2.24) is 4.90 Å². The fraction of sp³-hybridized carbons (Fsp3) is 0.757. The lowest BCUT2D eigenvalue weighted by Gasteiger charge is -2.70. The van der Waals surface area contributed by atoms with Crippen LogP contribution in [0, 0.1) is 34.5 Å². The molecule has 1 spiro atoms. The highest BCUT2D eigenvalue weighted by Gasteiger charge is 2.92. The molecular formula is C37H51NO13. The van der Waals surface area contributed by atoms with Crippen LogP contribution >= 0.6 is 0 Å². The largest absolute Gasteiger partial charge is 0.497 e. The molecule has 2 N–H and O–H groups in total. The lowest BCUT2D eigenvalue weighted by atomic mass is 9.42. The number of fused-ring (bicyclic) bond motifs is 2. The van der Waals surface area contributed by atoms with Gasteiger partial charge in [0.15, 0.2) is 5.60 Å². The minimum Gasteiger partial charge on any atom is -0.497 e. The molecule has 6 aliphatic rings. The molecule has 14 nitrogen and oxygen atoms in total. The summed E-state index contributed by atoms with van der Waals surface area (Å²) in [6, 6.07) is 6.03. The van der Waals surface area contributed by atoms with E-state index in [1.807, 2.05) is 6.92 Å². The summed E-state index contributed by atoms with van der Waals surface area (Å²) in [4.78, 5) is 42.4. The zero-order valence-electron chi connectivity index (χ0n) is 30.5. The van der Waals surface area contributed by atoms with Gasteiger partial charge < -0.3 is 48.1 Å². The van der Waals surface area contributed by atoms with Crippen molar-refractivity contribution < 1.29 is 62.5 Å². The van der Waals surface area contributed by atoms with E-state index >= 15 is 0 Å². The highest BCUT2D eigenvalue weighted by atomic mass is 16.6. The molecule has 5 aliphatic carbocycles. The van der Waals surface area contributed by atoms with Crippen LogP contribution in [0.2, 0.25) is 0 Å². The van der Waals surface area contributed by atoms with Crippen LogP contribution < -0.4 is 4.74 Å². The summed E-state index contributed by atoms with van der Waals surface area (Å²) >= 11 is 0. The number of benzene rings is 1. The molecule has 7 rings (SSSR count). The molecule has 0 aromatic heterocycles. The van der Waals surface area contributed by atoms with Gasteiger partial charge in [-0.05, 0) is 43.1 Å². The van der Waals surface area contributed by atoms with E-state index in [4.69, 9.17) is 37.9 Å². The van der Waals surface area contributed by atoms with Crippen molar-refractivity contribution in [2.75, 3.05) is 55.2 Å². The van der Waals surface area contributed by atoms with Gasteiger partial charge in [0.2, 0.25) is 0 Å². The first kappa shape index (κ1) is 36.5. The number of rotatable bonds is 11. The van der Waals surface area contributed by atoms with E-state index in [1.165, 1.54) is 28.1 Å². The average Bonchev–Trinajstić information content (AvgIpc) is 3.47. The summed E-state index contributed by atoms with van der Waals surface area (Å²) < 4.78 is 49.3. The summed E-state index contributed by atoms with van der Waals surface area (Å²) in [7, 11) is 7.75. The fourth-order valence-electron chi connectivity index (χ4n) is 12.8. The first-order valence-corrected chi connectivity index (χ1v) is 17.8. The average molecular weight is 718 g/mol. The van der Waals surface area contributed by atoms with Crippen LogP contribution in [0.5, 0.6) is 5.75 Å². The second kappa shape index (κ2) is 12.6. The Morgan fingerprint density at radius 3 is 2.16 bits per heavy atom. The van der Waals surface area contributed by atoms with E-state index in [0.717, 1.165) is 0 Å². The van der Waals surface area contributed by atoms with Crippen molar-refractivity contribution in [2.45, 2.75) is 87.5 Å². The molecule has 1 aliphatic heterocycles. The Bertz CT molecular complexity index is 1540. The summed E-state index contributed by atoms with van der Waals surface area (Å²) in [5.74, 6) is -3.84. The van der Waals surface area contributed by atoms with E-state index < -0.39 is 106 Å². The molecule has 0 radical (unpaired) electrons. The summed E-state index contributed by atoms with van der Waals surface area (Å²) in [5.41, 5.74) is -5.07. The number of nitrogens with zero attached hydrogens (tertiary/aromatic N) is 1. The number of carbonyl (C=O) groups is 3. The minimum absolute atomic E-state index is 0.0334. The second-order valence-corrected chi connectivity index (χ2v) is 15.4. The maximum absolute atomic E-state index is 14.0. The molecule has 0 amide bonds. The molecule has 5 saturated carbocycles. The first-order valence-electron chi connectivity index (χ1n) is 17.8. The molecule has 6 fully saturated rings. The second-order valence-electron chi connectivity index (χ2n) is 15.4. The SMILES string of the molecule is CCN1C[C@]2(COC)[C@H](OC(C)=O)CC(OC)C34C1C([C@H](OC)[C@@H]32)[C@]1(OC(C)=O)[C@H]2[C@@H](OC(=O)c3ccc(OC)cc3)[C@@](O)(C[C@@H]24)[C@@H](OC)[C@@H]1O. The van der Waals surface area contributed by atoms with Gasteiger partial charge in [-0.15, -0.1) is 0 Å². The third-order valence-electron chi connectivity index (χ3n) is 13.8. The van der Waals surface area contributed by atoms with E-state index in [9.17, 15) is 24.6 Å². The van der Waals surface area contributed by atoms with E-state index in [2.05, 4.69) is 4.90 Å². The van der Waals surface area contributed by atoms with Gasteiger partial charge in [-0.3, -0.25) is 14.5 Å². The third kappa shape index (κ3) is 4.50. The zero-order chi connectivity index (χ0) is 36.8. The monoisotopic (exact) mass is 717 g/mol. The third-order valence-corrected chi connectivity index (χ3v) is 13.8. The van der Waals surface area contributed by atoms with Crippen molar-refractivity contribution >= 4 is 17.9 Å². The van der Waals surface area contributed by atoms with Crippen molar-refractivity contribution in [3.8, 4) is 5.75 Å². The number of likely N-dealkylation sites (tertiary alicyclic amines) is 1. The highest BCUT2D eigenvalue weighted by Crippen LogP contribution is 2.80. The standard InChI is InChI=1S/C37H51NO13/c1-9-38-16-34(17-44-4)23(49-18(2)39)14-24(46-6)36-22-15-35(43)31(50-33(42)20-10-12-21(45-5)13-11-20)25(22)37(51-19(3)40,30(41)32(35)48-8)26(29(36)38)27(47-7)28(34)36/h10-13,22-32,41,43H,9,14-17H2,1-8H3/t22-,23+,24?,25+,26?,27-,28+,29?,30-,31+,32-,34-,35-,36?,37+/m0/s1. The Kier molecular flexibility index (Phi) is 9.04. The molecule has 15 atom stereocenters. The van der Waals surface area contributed by atoms with Crippen LogP contribution in [0.25, 0.3) is 0 Å². The molecule has 7 bridgehead atoms. The zero-order valence-corrected chi connectivity index (χ0v) is 30.5. The number of aliphatic hydroxyl groups excluding tert-OH is 1. The number of piperidine rings is 1. The Morgan fingerprint density at radius 1 is 0.902 bits per heavy atom. The minimum atomic E-state index is -1.89. The lowest BCUT2D eigenvalue weighted by molar-refractivity contribution is -0.322. The molecular weight excluding hydrogens is 666 g/mol. The molecule has 4 unspecified atom stereocenters. The van der Waals surface area contributed by atoms with Crippen LogP contribution in [-0.4, -0.2) is 142 Å². The number of hydrogen-bond acceptors (Lipinski definition) is 14. The summed E-state index contributed by atoms with van der Waals surface area (Å²) in [6.07, 6.45) is -5.60. The Hall–Kier alpha value is -2.85. The Morgan fingerprint density at radius 2 is 1.61 bits per heavy atom. The topological polar surface area (TPSA) is 169 Å². The van der Waals surface area contributed by atoms with Crippen LogP contribution in [0.1, 0.15) is 44.0 Å². The van der Waals surface area contributed by atoms with Gasteiger partial charge in [0.1, 0.15) is 35.8 Å². The van der Waals surface area contributed by atoms with E-state index in [0.29, 0.717) is 25.3 Å². The molecule has 51 heavy (non-hydrogen) atoms. The quantitative estimate of drug-likeness (QED) is 0.248. The van der Waals surface area contributed by atoms with Gasteiger partial charge in [-0.25, -0.2) is 4.79 Å². The van der Waals surface area contributed by atoms with Crippen LogP contribution in [0.15, 0.2) is 24.3 Å². The molecule has 282 valence electrons.